The van der Waals surface area contributed by atoms with E-state index in [2.05, 4.69) is 41.2 Å². The molecule has 0 aromatic heterocycles. The summed E-state index contributed by atoms with van der Waals surface area (Å²) >= 11 is 46.7. The van der Waals surface area contributed by atoms with Crippen molar-refractivity contribution in [3.8, 4) is 23.0 Å². The molecular weight excluding hydrogens is 1550 g/mol. The number of nitrogens with one attached hydrogen (secondary N) is 4. The number of rotatable bonds is 24. The van der Waals surface area contributed by atoms with Crippen molar-refractivity contribution in [2.24, 2.45) is 20.0 Å². The number of nitrogens with zero attached hydrogens (tertiary/aromatic N) is 4. The van der Waals surface area contributed by atoms with E-state index in [9.17, 15) is 20.4 Å². The average Bonchev–Trinajstić information content (AvgIpc) is 1.04. The molecule has 0 unspecified atom stereocenters. The summed E-state index contributed by atoms with van der Waals surface area (Å²) in [5.41, 5.74) is 1.81. The fourth-order valence-corrected chi connectivity index (χ4v) is 12.5. The molecular formula is C64H84Cl10Co2N8O12. The van der Waals surface area contributed by atoms with E-state index in [0.717, 1.165) is 51.9 Å². The van der Waals surface area contributed by atoms with Gasteiger partial charge < -0.3 is 41.7 Å². The molecule has 0 saturated heterocycles. The third kappa shape index (κ3) is 45.2. The Morgan fingerprint density at radius 2 is 0.479 bits per heavy atom. The summed E-state index contributed by atoms with van der Waals surface area (Å²) in [7, 11) is -9.89. The second-order valence-electron chi connectivity index (χ2n) is 22.7. The summed E-state index contributed by atoms with van der Waals surface area (Å²) in [6, 6.07) is 14.9. The normalized spacial score (nSPS) is 15.8. The minimum absolute atomic E-state index is 0. The van der Waals surface area contributed by atoms with Crippen LogP contribution in [0.3, 0.4) is 0 Å². The molecule has 20 nitrogen and oxygen atoms in total. The molecule has 4 N–H and O–H groups in total. The van der Waals surface area contributed by atoms with Crippen LogP contribution in [0.2, 0.25) is 40.2 Å². The van der Waals surface area contributed by atoms with E-state index in [4.69, 9.17) is 130 Å². The minimum Gasteiger partial charge on any atom is -0.871 e. The third-order valence-corrected chi connectivity index (χ3v) is 17.1. The van der Waals surface area contributed by atoms with Crippen molar-refractivity contribution >= 4 is 118 Å². The summed E-state index contributed by atoms with van der Waals surface area (Å²) in [5.74, 6) is -0.870. The second-order valence-corrected chi connectivity index (χ2v) is 27.6. The zero-order valence-electron chi connectivity index (χ0n) is 53.0. The number of aliphatic imine (C=N–C) groups is 4. The molecule has 4 aromatic carbocycles. The van der Waals surface area contributed by atoms with Crippen LogP contribution >= 0.6 is 92.8 Å². The maximum absolute atomic E-state index is 11.8. The molecule has 540 valence electrons. The van der Waals surface area contributed by atoms with Crippen LogP contribution in [0.25, 0.3) is 0 Å². The van der Waals surface area contributed by atoms with E-state index >= 15 is 0 Å². The van der Waals surface area contributed by atoms with Gasteiger partial charge in [-0.3, -0.25) is 20.0 Å². The van der Waals surface area contributed by atoms with Crippen LogP contribution in [0.5, 0.6) is 23.0 Å². The van der Waals surface area contributed by atoms with E-state index in [0.29, 0.717) is 92.7 Å². The van der Waals surface area contributed by atoms with Gasteiger partial charge in [-0.05, 0) is 174 Å². The first-order chi connectivity index (χ1) is 44.7. The molecule has 8 rings (SSSR count). The Kier molecular flexibility index (Phi) is 51.0. The molecule has 4 saturated carbocycles. The van der Waals surface area contributed by atoms with Gasteiger partial charge in [0.1, 0.15) is 0 Å². The van der Waals surface area contributed by atoms with Gasteiger partial charge in [0.05, 0.1) is 0 Å². The summed E-state index contributed by atoms with van der Waals surface area (Å²) in [6.07, 6.45) is 36.8. The largest absolute Gasteiger partial charge is 3.00 e. The fourth-order valence-electron chi connectivity index (χ4n) is 10.5. The van der Waals surface area contributed by atoms with E-state index in [1.165, 1.54) is 153 Å². The Morgan fingerprint density at radius 1 is 0.312 bits per heavy atom. The third-order valence-electron chi connectivity index (χ3n) is 15.1. The van der Waals surface area contributed by atoms with Gasteiger partial charge in [-0.2, -0.15) is 0 Å². The molecule has 4 aromatic rings. The van der Waals surface area contributed by atoms with Gasteiger partial charge in [0.15, 0.2) is 0 Å². The molecule has 0 atom stereocenters. The Balaban J connectivity index is 0.000000605. The molecule has 0 radical (unpaired) electrons. The van der Waals surface area contributed by atoms with Crippen molar-refractivity contribution in [2.75, 3.05) is 52.4 Å². The average molecular weight is 1630 g/mol. The Hall–Kier alpha value is -1.81. The van der Waals surface area contributed by atoms with Gasteiger partial charge in [0.25, 0.3) is 0 Å². The van der Waals surface area contributed by atoms with Gasteiger partial charge in [-0.1, -0.05) is 193 Å². The summed E-state index contributed by atoms with van der Waals surface area (Å²) in [5, 5.41) is 63.7. The molecule has 32 heteroatoms. The smallest absolute Gasteiger partial charge is 0.871 e. The second kappa shape index (κ2) is 53.1. The first kappa shape index (κ1) is 92.2. The van der Waals surface area contributed by atoms with E-state index < -0.39 is 20.5 Å². The van der Waals surface area contributed by atoms with Crippen molar-refractivity contribution in [1.29, 1.82) is 0 Å². The topological polar surface area (TPSA) is 374 Å². The Bertz CT molecular complexity index is 2520. The van der Waals surface area contributed by atoms with Crippen LogP contribution in [-0.2, 0) is 33.6 Å². The fraction of sp³-hybridized carbons (Fsp3) is 0.562. The van der Waals surface area contributed by atoms with E-state index in [1.807, 2.05) is 0 Å². The number of hydrogen-bond donors (Lipinski definition) is 4. The van der Waals surface area contributed by atoms with E-state index in [-0.39, 0.29) is 76.6 Å². The van der Waals surface area contributed by atoms with E-state index in [1.54, 1.807) is 49.1 Å². The monoisotopic (exact) mass is 1620 g/mol. The van der Waals surface area contributed by atoms with Crippen LogP contribution in [0.15, 0.2) is 68.5 Å². The first-order valence-electron chi connectivity index (χ1n) is 31.5. The minimum atomic E-state index is -4.94. The summed E-state index contributed by atoms with van der Waals surface area (Å²) < 4.78 is 67.9. The van der Waals surface area contributed by atoms with Crippen molar-refractivity contribution in [3.05, 3.63) is 111 Å². The first-order valence-corrected chi connectivity index (χ1v) is 37.0. The molecule has 4 aliphatic carbocycles. The van der Waals surface area contributed by atoms with Crippen LogP contribution in [0, 0.1) is 20.5 Å². The van der Waals surface area contributed by atoms with Crippen LogP contribution in [0.1, 0.15) is 176 Å². The van der Waals surface area contributed by atoms with Gasteiger partial charge >= 0.3 is 33.6 Å². The van der Waals surface area contributed by atoms with Gasteiger partial charge in [0, 0.05) is 115 Å². The van der Waals surface area contributed by atoms with Crippen LogP contribution in [0.4, 0.5) is 0 Å². The molecule has 0 heterocycles. The maximum Gasteiger partial charge on any atom is 3.00 e. The summed E-state index contributed by atoms with van der Waals surface area (Å²) in [6.45, 7) is 6.69. The SMILES string of the molecule is [Co+3].[Co+3].[O-][Cl+3]([O-])([O-])[O-].[O-][Cl+3]([O-])([O-])[O-].[O-]c1c(Cl)cc(Cl)cc1C=NCCCNC1CCCCC1.[O-]c1c(Cl)cc(Cl)cc1C=NCCCNC1CCCCC1.[O-]c1c(Cl)cc(Cl)cc1C=NCCCNC1CCCCC1.[O-]c1c(Cl)cc(Cl)cc1C=NCCCNC1CCCCC1. The molecule has 4 aliphatic rings. The molecule has 0 amide bonds. The van der Waals surface area contributed by atoms with Gasteiger partial charge in [0.2, 0.25) is 0 Å². The predicted molar refractivity (Wildman–Crippen MR) is 351 cm³/mol. The van der Waals surface area contributed by atoms with Crippen molar-refractivity contribution in [1.82, 2.24) is 21.3 Å². The van der Waals surface area contributed by atoms with Gasteiger partial charge in [-0.25, -0.2) is 37.3 Å². The zero-order valence-corrected chi connectivity index (χ0v) is 62.6. The Labute approximate surface area is 630 Å². The van der Waals surface area contributed by atoms with Crippen molar-refractivity contribution < 1.29 is 112 Å². The van der Waals surface area contributed by atoms with Crippen molar-refractivity contribution in [2.45, 2.75) is 178 Å². The molecule has 0 bridgehead atoms. The Morgan fingerprint density at radius 3 is 0.646 bits per heavy atom. The molecule has 0 aliphatic heterocycles. The molecule has 4 fully saturated rings. The number of hydrogen-bond acceptors (Lipinski definition) is 20. The molecule has 0 spiro atoms. The van der Waals surface area contributed by atoms with Crippen LogP contribution < -0.4 is 79.0 Å². The quantitative estimate of drug-likeness (QED) is 0.0484. The molecule has 96 heavy (non-hydrogen) atoms. The van der Waals surface area contributed by atoms with Gasteiger partial charge in [-0.15, -0.1) is 20.5 Å². The standard InChI is InChI=1S/4C16H22Cl2N2O.2ClHO4.2Co/c4*17-13-9-12(16(21)15(18)10-13)11-19-7-4-8-20-14-5-2-1-3-6-14;2*2-1(3,4)5;;/h4*9-11,14,20-21H,1-8H2;2*(H,2,3,4,5);;/q;;;;;;2*+3/p-6. The summed E-state index contributed by atoms with van der Waals surface area (Å²) in [4.78, 5) is 17.1. The maximum atomic E-state index is 11.8. The van der Waals surface area contributed by atoms with Crippen molar-refractivity contribution in [3.63, 3.8) is 0 Å². The van der Waals surface area contributed by atoms with Crippen LogP contribution in [-0.4, -0.2) is 101 Å². The number of halogens is 10. The number of benzene rings is 4. The predicted octanol–water partition coefficient (Wildman–Crippen LogP) is 5.68. The zero-order chi connectivity index (χ0) is 69.3.